The maximum absolute atomic E-state index is 12.8. The highest BCUT2D eigenvalue weighted by Crippen LogP contribution is 2.33. The van der Waals surface area contributed by atoms with Crippen molar-refractivity contribution in [2.75, 3.05) is 13.1 Å². The fourth-order valence-corrected chi connectivity index (χ4v) is 5.50. The second-order valence-electron chi connectivity index (χ2n) is 7.15. The largest absolute Gasteiger partial charge is 0.451 e. The molecule has 2 aromatic heterocycles. The van der Waals surface area contributed by atoms with Crippen LogP contribution in [0, 0.1) is 5.92 Å². The lowest BCUT2D eigenvalue weighted by molar-refractivity contribution is -0.124. The molecule has 5 nitrogen and oxygen atoms in total. The number of carbonyl (C=O) groups is 2. The number of benzene rings is 1. The van der Waals surface area contributed by atoms with Crippen molar-refractivity contribution < 1.29 is 14.0 Å². The Balaban J connectivity index is 1.38. The molecule has 0 unspecified atom stereocenters. The van der Waals surface area contributed by atoms with Gasteiger partial charge in [0.2, 0.25) is 5.91 Å². The molecule has 2 N–H and O–H groups in total. The molecule has 1 aliphatic rings. The minimum absolute atomic E-state index is 0.105. The molecular weight excluding hydrogens is 404 g/mol. The number of nitrogens with one attached hydrogen (secondary N) is 2. The van der Waals surface area contributed by atoms with Crippen molar-refractivity contribution in [1.82, 2.24) is 10.6 Å². The average Bonchev–Trinajstić information content (AvgIpc) is 3.50. The maximum Gasteiger partial charge on any atom is 0.287 e. The van der Waals surface area contributed by atoms with Crippen LogP contribution in [0.15, 0.2) is 50.4 Å². The van der Waals surface area contributed by atoms with Gasteiger partial charge in [-0.05, 0) is 30.4 Å². The van der Waals surface area contributed by atoms with Crippen molar-refractivity contribution in [1.29, 1.82) is 0 Å². The molecule has 1 aliphatic carbocycles. The summed E-state index contributed by atoms with van der Waals surface area (Å²) in [4.78, 5) is 24.9. The zero-order valence-electron chi connectivity index (χ0n) is 16.1. The topological polar surface area (TPSA) is 71.3 Å². The molecule has 2 amide bonds. The van der Waals surface area contributed by atoms with Gasteiger partial charge in [0.05, 0.1) is 4.21 Å². The van der Waals surface area contributed by atoms with E-state index >= 15 is 0 Å². The Morgan fingerprint density at radius 2 is 1.86 bits per heavy atom. The SMILES string of the molecule is O=C(NCCNC(=O)C1CCCC1)c1oc2ccccc2c1CSc1cccs1. The van der Waals surface area contributed by atoms with Crippen LogP contribution in [0.25, 0.3) is 11.0 Å². The number of para-hydroxylation sites is 1. The van der Waals surface area contributed by atoms with E-state index in [4.69, 9.17) is 4.42 Å². The molecule has 0 spiro atoms. The molecule has 152 valence electrons. The lowest BCUT2D eigenvalue weighted by Gasteiger charge is -2.10. The van der Waals surface area contributed by atoms with E-state index in [1.165, 1.54) is 4.21 Å². The first-order valence-corrected chi connectivity index (χ1v) is 11.8. The van der Waals surface area contributed by atoms with E-state index in [0.717, 1.165) is 36.6 Å². The minimum atomic E-state index is -0.238. The summed E-state index contributed by atoms with van der Waals surface area (Å²) in [7, 11) is 0. The standard InChI is InChI=1S/C22H24N2O3S2/c25-21(15-6-1-2-7-15)23-11-12-24-22(26)20-17(14-29-19-10-5-13-28-19)16-8-3-4-9-18(16)27-20/h3-5,8-10,13,15H,1-2,6-7,11-12,14H2,(H,23,25)(H,24,26). The smallest absolute Gasteiger partial charge is 0.287 e. The summed E-state index contributed by atoms with van der Waals surface area (Å²) >= 11 is 3.38. The van der Waals surface area contributed by atoms with Crippen LogP contribution in [0.5, 0.6) is 0 Å². The van der Waals surface area contributed by atoms with Gasteiger partial charge in [0, 0.05) is 35.7 Å². The van der Waals surface area contributed by atoms with Crippen LogP contribution in [0.1, 0.15) is 41.8 Å². The highest BCUT2D eigenvalue weighted by atomic mass is 32.2. The summed E-state index contributed by atoms with van der Waals surface area (Å²) < 4.78 is 7.09. The van der Waals surface area contributed by atoms with E-state index in [0.29, 0.717) is 30.2 Å². The Morgan fingerprint density at radius 3 is 2.66 bits per heavy atom. The van der Waals surface area contributed by atoms with E-state index in [1.807, 2.05) is 35.7 Å². The fourth-order valence-electron chi connectivity index (χ4n) is 3.69. The Kier molecular flexibility index (Phi) is 6.56. The predicted octanol–water partition coefficient (Wildman–Crippen LogP) is 4.82. The van der Waals surface area contributed by atoms with Crippen LogP contribution in [0.2, 0.25) is 0 Å². The van der Waals surface area contributed by atoms with Gasteiger partial charge in [0.25, 0.3) is 5.91 Å². The number of amides is 2. The number of fused-ring (bicyclic) bond motifs is 1. The van der Waals surface area contributed by atoms with Crippen LogP contribution in [0.3, 0.4) is 0 Å². The lowest BCUT2D eigenvalue weighted by atomic mass is 10.1. The minimum Gasteiger partial charge on any atom is -0.451 e. The summed E-state index contributed by atoms with van der Waals surface area (Å²) in [6.45, 7) is 0.812. The molecule has 1 aromatic carbocycles. The van der Waals surface area contributed by atoms with Crippen LogP contribution in [0.4, 0.5) is 0 Å². The molecule has 0 atom stereocenters. The number of furan rings is 1. The number of thiophene rings is 1. The molecule has 0 bridgehead atoms. The van der Waals surface area contributed by atoms with Gasteiger partial charge in [-0.25, -0.2) is 0 Å². The monoisotopic (exact) mass is 428 g/mol. The highest BCUT2D eigenvalue weighted by Gasteiger charge is 2.23. The summed E-state index contributed by atoms with van der Waals surface area (Å²) in [5, 5.41) is 8.83. The number of carbonyl (C=O) groups excluding carboxylic acids is 2. The average molecular weight is 429 g/mol. The summed E-state index contributed by atoms with van der Waals surface area (Å²) in [6, 6.07) is 11.8. The number of hydrogen-bond donors (Lipinski definition) is 2. The zero-order chi connectivity index (χ0) is 20.1. The molecule has 4 rings (SSSR count). The molecular formula is C22H24N2O3S2. The second-order valence-corrected chi connectivity index (χ2v) is 9.38. The van der Waals surface area contributed by atoms with Gasteiger partial charge >= 0.3 is 0 Å². The Hall–Kier alpha value is -2.25. The van der Waals surface area contributed by atoms with E-state index in [-0.39, 0.29) is 17.7 Å². The summed E-state index contributed by atoms with van der Waals surface area (Å²) in [5.74, 6) is 1.03. The highest BCUT2D eigenvalue weighted by molar-refractivity contribution is 8.00. The zero-order valence-corrected chi connectivity index (χ0v) is 17.7. The van der Waals surface area contributed by atoms with Crippen LogP contribution in [-0.4, -0.2) is 24.9 Å². The van der Waals surface area contributed by atoms with E-state index in [9.17, 15) is 9.59 Å². The molecule has 0 aliphatic heterocycles. The summed E-state index contributed by atoms with van der Waals surface area (Å²) in [6.07, 6.45) is 4.21. The van der Waals surface area contributed by atoms with Gasteiger partial charge in [-0.3, -0.25) is 9.59 Å². The number of rotatable bonds is 8. The van der Waals surface area contributed by atoms with Crippen molar-refractivity contribution in [3.63, 3.8) is 0 Å². The first-order chi connectivity index (χ1) is 14.2. The molecule has 0 saturated heterocycles. The molecule has 2 heterocycles. The van der Waals surface area contributed by atoms with Crippen molar-refractivity contribution in [2.24, 2.45) is 5.92 Å². The normalized spacial score (nSPS) is 14.3. The molecule has 7 heteroatoms. The van der Waals surface area contributed by atoms with Crippen molar-refractivity contribution >= 4 is 45.9 Å². The van der Waals surface area contributed by atoms with Crippen molar-refractivity contribution in [3.8, 4) is 0 Å². The van der Waals surface area contributed by atoms with Gasteiger partial charge < -0.3 is 15.1 Å². The van der Waals surface area contributed by atoms with Crippen molar-refractivity contribution in [3.05, 3.63) is 53.1 Å². The van der Waals surface area contributed by atoms with Gasteiger partial charge in [0.15, 0.2) is 5.76 Å². The van der Waals surface area contributed by atoms with Gasteiger partial charge in [-0.2, -0.15) is 0 Å². The van der Waals surface area contributed by atoms with Gasteiger partial charge in [-0.15, -0.1) is 23.1 Å². The quantitative estimate of drug-likeness (QED) is 0.398. The molecule has 3 aromatic rings. The predicted molar refractivity (Wildman–Crippen MR) is 117 cm³/mol. The first kappa shape index (κ1) is 20.0. The maximum atomic E-state index is 12.8. The molecule has 0 radical (unpaired) electrons. The molecule has 1 saturated carbocycles. The first-order valence-electron chi connectivity index (χ1n) is 9.95. The Morgan fingerprint density at radius 1 is 1.07 bits per heavy atom. The van der Waals surface area contributed by atoms with E-state index in [2.05, 4.69) is 16.7 Å². The fraction of sp³-hybridized carbons (Fsp3) is 0.364. The van der Waals surface area contributed by atoms with Crippen LogP contribution in [-0.2, 0) is 10.5 Å². The summed E-state index contributed by atoms with van der Waals surface area (Å²) in [5.41, 5.74) is 1.63. The third-order valence-corrected chi connectivity index (χ3v) is 7.35. The van der Waals surface area contributed by atoms with E-state index < -0.39 is 0 Å². The molecule has 1 fully saturated rings. The second kappa shape index (κ2) is 9.50. The Labute approximate surface area is 178 Å². The van der Waals surface area contributed by atoms with Crippen molar-refractivity contribution in [2.45, 2.75) is 35.6 Å². The Bertz CT molecular complexity index is 975. The number of hydrogen-bond acceptors (Lipinski definition) is 5. The van der Waals surface area contributed by atoms with Crippen LogP contribution < -0.4 is 10.6 Å². The number of thioether (sulfide) groups is 1. The molecule has 29 heavy (non-hydrogen) atoms. The third kappa shape index (κ3) is 4.85. The van der Waals surface area contributed by atoms with E-state index in [1.54, 1.807) is 23.1 Å². The van der Waals surface area contributed by atoms with Gasteiger partial charge in [-0.1, -0.05) is 37.1 Å². The lowest BCUT2D eigenvalue weighted by Crippen LogP contribution is -2.37. The van der Waals surface area contributed by atoms with Gasteiger partial charge in [0.1, 0.15) is 5.58 Å². The van der Waals surface area contributed by atoms with Crippen LogP contribution >= 0.6 is 23.1 Å². The third-order valence-electron chi connectivity index (χ3n) is 5.19.